The van der Waals surface area contributed by atoms with Crippen molar-refractivity contribution in [2.24, 2.45) is 0 Å². The van der Waals surface area contributed by atoms with E-state index < -0.39 is 4.92 Å². The van der Waals surface area contributed by atoms with Crippen molar-refractivity contribution in [1.29, 1.82) is 0 Å². The van der Waals surface area contributed by atoms with Crippen molar-refractivity contribution in [2.45, 2.75) is 34.3 Å². The van der Waals surface area contributed by atoms with Crippen molar-refractivity contribution in [2.75, 3.05) is 4.90 Å². The molecule has 0 saturated carbocycles. The molecule has 0 fully saturated rings. The highest BCUT2D eigenvalue weighted by atomic mass is 35.5. The maximum Gasteiger partial charge on any atom is 0.310 e. The second-order valence-corrected chi connectivity index (χ2v) is 8.15. The van der Waals surface area contributed by atoms with Gasteiger partial charge in [-0.3, -0.25) is 19.8 Å². The molecule has 1 heterocycles. The van der Waals surface area contributed by atoms with E-state index in [9.17, 15) is 14.9 Å². The maximum absolute atomic E-state index is 12.4. The zero-order chi connectivity index (χ0) is 22.0. The van der Waals surface area contributed by atoms with E-state index >= 15 is 0 Å². The second-order valence-electron chi connectivity index (χ2n) is 6.91. The van der Waals surface area contributed by atoms with Crippen LogP contribution in [0.1, 0.15) is 29.3 Å². The molecule has 0 aliphatic heterocycles. The van der Waals surface area contributed by atoms with E-state index in [1.54, 1.807) is 23.6 Å². The first kappa shape index (κ1) is 21.7. The Balaban J connectivity index is 1.88. The minimum absolute atomic E-state index is 0.0349. The molecule has 0 N–H and O–H groups in total. The Labute approximate surface area is 183 Å². The molecule has 0 bridgehead atoms. The van der Waals surface area contributed by atoms with Crippen LogP contribution in [0.3, 0.4) is 0 Å². The van der Waals surface area contributed by atoms with Crippen LogP contribution in [0.4, 0.5) is 16.5 Å². The average molecular weight is 446 g/mol. The number of benzene rings is 2. The van der Waals surface area contributed by atoms with E-state index in [2.05, 4.69) is 4.98 Å². The molecule has 7 nitrogen and oxygen atoms in total. The molecule has 0 spiro atoms. The Morgan fingerprint density at radius 3 is 2.60 bits per heavy atom. The summed E-state index contributed by atoms with van der Waals surface area (Å²) in [5, 5.41) is 13.9. The lowest BCUT2D eigenvalue weighted by atomic mass is 10.1. The third-order valence-corrected chi connectivity index (χ3v) is 5.52. The molecule has 0 aliphatic carbocycles. The molecule has 0 aliphatic rings. The molecule has 1 aromatic heterocycles. The molecule has 1 amide bonds. The van der Waals surface area contributed by atoms with Gasteiger partial charge >= 0.3 is 5.69 Å². The van der Waals surface area contributed by atoms with E-state index in [0.29, 0.717) is 21.5 Å². The summed E-state index contributed by atoms with van der Waals surface area (Å²) in [6.45, 7) is 7.13. The number of ether oxygens (including phenoxy) is 1. The lowest BCUT2D eigenvalue weighted by molar-refractivity contribution is -0.386. The van der Waals surface area contributed by atoms with E-state index in [4.69, 9.17) is 16.3 Å². The van der Waals surface area contributed by atoms with Gasteiger partial charge in [0.05, 0.1) is 21.3 Å². The number of hydrogen-bond donors (Lipinski definition) is 0. The van der Waals surface area contributed by atoms with Gasteiger partial charge in [-0.25, -0.2) is 4.98 Å². The van der Waals surface area contributed by atoms with Crippen LogP contribution in [-0.4, -0.2) is 15.8 Å². The number of thiazole rings is 1. The van der Waals surface area contributed by atoms with Crippen LogP contribution in [0.2, 0.25) is 5.02 Å². The highest BCUT2D eigenvalue weighted by Crippen LogP contribution is 2.37. The number of aromatic nitrogens is 1. The average Bonchev–Trinajstić information content (AvgIpc) is 3.10. The van der Waals surface area contributed by atoms with Gasteiger partial charge in [0.15, 0.2) is 10.9 Å². The molecule has 0 atom stereocenters. The molecule has 0 unspecified atom stereocenters. The molecule has 0 saturated heterocycles. The summed E-state index contributed by atoms with van der Waals surface area (Å²) in [7, 11) is 0. The quantitative estimate of drug-likeness (QED) is 0.348. The number of nitrogens with zero attached hydrogens (tertiary/aromatic N) is 3. The van der Waals surface area contributed by atoms with Gasteiger partial charge in [-0.15, -0.1) is 11.3 Å². The van der Waals surface area contributed by atoms with Crippen LogP contribution < -0.4 is 9.64 Å². The Bertz CT molecular complexity index is 1110. The largest absolute Gasteiger partial charge is 0.480 e. The van der Waals surface area contributed by atoms with Crippen LogP contribution in [0, 0.1) is 30.9 Å². The van der Waals surface area contributed by atoms with Gasteiger partial charge in [0.25, 0.3) is 0 Å². The summed E-state index contributed by atoms with van der Waals surface area (Å²) in [6.07, 6.45) is 0. The van der Waals surface area contributed by atoms with Crippen molar-refractivity contribution in [1.82, 2.24) is 4.98 Å². The fraction of sp³-hybridized carbons (Fsp3) is 0.238. The number of nitro benzene ring substituents is 1. The van der Waals surface area contributed by atoms with Crippen molar-refractivity contribution >= 4 is 45.4 Å². The first-order chi connectivity index (χ1) is 14.2. The van der Waals surface area contributed by atoms with Crippen LogP contribution in [-0.2, 0) is 11.4 Å². The topological polar surface area (TPSA) is 85.6 Å². The predicted octanol–water partition coefficient (Wildman–Crippen LogP) is 5.89. The fourth-order valence-corrected chi connectivity index (χ4v) is 4.35. The minimum atomic E-state index is -0.485. The molecule has 0 radical (unpaired) electrons. The summed E-state index contributed by atoms with van der Waals surface area (Å²) in [5.41, 5.74) is 3.74. The van der Waals surface area contributed by atoms with Gasteiger partial charge in [0, 0.05) is 18.4 Å². The van der Waals surface area contributed by atoms with E-state index in [1.807, 2.05) is 26.8 Å². The van der Waals surface area contributed by atoms with Crippen molar-refractivity contribution in [3.63, 3.8) is 0 Å². The molecule has 3 aromatic rings. The molecular weight excluding hydrogens is 426 g/mol. The molecule has 3 rings (SSSR count). The van der Waals surface area contributed by atoms with Crippen LogP contribution in [0.25, 0.3) is 0 Å². The lowest BCUT2D eigenvalue weighted by Gasteiger charge is -2.22. The Morgan fingerprint density at radius 2 is 1.97 bits per heavy atom. The number of rotatable bonds is 6. The third-order valence-electron chi connectivity index (χ3n) is 4.36. The van der Waals surface area contributed by atoms with Gasteiger partial charge in [-0.1, -0.05) is 23.7 Å². The van der Waals surface area contributed by atoms with E-state index in [1.165, 1.54) is 29.2 Å². The number of hydrogen-bond acceptors (Lipinski definition) is 6. The molecular formula is C21H20ClN3O4S. The van der Waals surface area contributed by atoms with Crippen molar-refractivity contribution in [3.05, 3.63) is 73.2 Å². The Kier molecular flexibility index (Phi) is 6.38. The minimum Gasteiger partial charge on any atom is -0.480 e. The van der Waals surface area contributed by atoms with Crippen LogP contribution >= 0.6 is 22.9 Å². The molecule has 9 heteroatoms. The summed E-state index contributed by atoms with van der Waals surface area (Å²) in [5.74, 6) is -0.0459. The van der Waals surface area contributed by atoms with Crippen molar-refractivity contribution < 1.29 is 14.5 Å². The maximum atomic E-state index is 12.4. The fourth-order valence-electron chi connectivity index (χ4n) is 3.08. The SMILES string of the molecule is CC(=O)N(c1nc(COc2cc(C)ccc2[N+](=O)[O-])cs1)c1c(C)cc(C)cc1Cl. The van der Waals surface area contributed by atoms with Gasteiger partial charge in [-0.2, -0.15) is 0 Å². The summed E-state index contributed by atoms with van der Waals surface area (Å²) in [4.78, 5) is 29.1. The van der Waals surface area contributed by atoms with Gasteiger partial charge in [0.1, 0.15) is 6.61 Å². The monoisotopic (exact) mass is 445 g/mol. The number of aryl methyl sites for hydroxylation is 3. The highest BCUT2D eigenvalue weighted by molar-refractivity contribution is 7.14. The number of amides is 1. The normalized spacial score (nSPS) is 10.7. The van der Waals surface area contributed by atoms with Gasteiger partial charge in [0.2, 0.25) is 5.91 Å². The highest BCUT2D eigenvalue weighted by Gasteiger charge is 2.23. The Hall–Kier alpha value is -2.97. The standard InChI is InChI=1S/C21H20ClN3O4S/c1-12-5-6-18(25(27)28)19(9-12)29-10-16-11-30-21(23-16)24(15(4)26)20-14(3)7-13(2)8-17(20)22/h5-9,11H,10H2,1-4H3. The summed E-state index contributed by atoms with van der Waals surface area (Å²) in [6, 6.07) is 8.43. The van der Waals surface area contributed by atoms with E-state index in [-0.39, 0.29) is 24.0 Å². The van der Waals surface area contributed by atoms with Crippen molar-refractivity contribution in [3.8, 4) is 5.75 Å². The predicted molar refractivity (Wildman–Crippen MR) is 118 cm³/mol. The zero-order valence-electron chi connectivity index (χ0n) is 16.9. The molecule has 2 aromatic carbocycles. The number of anilines is 2. The number of halogens is 1. The molecule has 30 heavy (non-hydrogen) atoms. The smallest absolute Gasteiger partial charge is 0.310 e. The first-order valence-corrected chi connectivity index (χ1v) is 10.3. The summed E-state index contributed by atoms with van der Waals surface area (Å²) >= 11 is 7.70. The van der Waals surface area contributed by atoms with Gasteiger partial charge in [-0.05, 0) is 49.6 Å². The Morgan fingerprint density at radius 1 is 1.23 bits per heavy atom. The molecule has 156 valence electrons. The number of nitro groups is 1. The van der Waals surface area contributed by atoms with Crippen LogP contribution in [0.5, 0.6) is 5.75 Å². The third kappa shape index (κ3) is 4.60. The van der Waals surface area contributed by atoms with Gasteiger partial charge < -0.3 is 4.74 Å². The summed E-state index contributed by atoms with van der Waals surface area (Å²) < 4.78 is 5.66. The van der Waals surface area contributed by atoms with E-state index in [0.717, 1.165) is 16.7 Å². The first-order valence-electron chi connectivity index (χ1n) is 9.07. The number of carbonyl (C=O) groups excluding carboxylic acids is 1. The number of carbonyl (C=O) groups is 1. The zero-order valence-corrected chi connectivity index (χ0v) is 18.5. The van der Waals surface area contributed by atoms with Crippen LogP contribution in [0.15, 0.2) is 35.7 Å². The second kappa shape index (κ2) is 8.81. The lowest BCUT2D eigenvalue weighted by Crippen LogP contribution is -2.24.